The van der Waals surface area contributed by atoms with Gasteiger partial charge in [-0.2, -0.15) is 21.0 Å². The first-order chi connectivity index (χ1) is 15.3. The molecule has 148 valence electrons. The van der Waals surface area contributed by atoms with Crippen LogP contribution in [0.5, 0.6) is 0 Å². The van der Waals surface area contributed by atoms with Crippen molar-refractivity contribution in [1.82, 2.24) is 24.9 Å². The quantitative estimate of drug-likeness (QED) is 0.251. The molecule has 3 heterocycles. The molecule has 4 rings (SSSR count). The average molecular weight is 423 g/mol. The molecule has 0 amide bonds. The molecule has 0 aliphatic heterocycles. The molecule has 4 aromatic rings. The van der Waals surface area contributed by atoms with Gasteiger partial charge in [-0.3, -0.25) is 10.1 Å². The van der Waals surface area contributed by atoms with Crippen LogP contribution < -0.4 is 0 Å². The van der Waals surface area contributed by atoms with Crippen LogP contribution >= 0.6 is 0 Å². The summed E-state index contributed by atoms with van der Waals surface area (Å²) in [6, 6.07) is 7.50. The molecule has 1 aromatic carbocycles. The lowest BCUT2D eigenvalue weighted by molar-refractivity contribution is -0.425. The maximum Gasteiger partial charge on any atom is 0.443 e. The average Bonchev–Trinajstić information content (AvgIpc) is 2.81. The molecule has 0 unspecified atom stereocenters. The van der Waals surface area contributed by atoms with E-state index in [2.05, 4.69) is 24.9 Å². The van der Waals surface area contributed by atoms with Crippen LogP contribution in [-0.4, -0.2) is 34.8 Å². The predicted octanol–water partition coefficient (Wildman–Crippen LogP) is 1.42. The van der Waals surface area contributed by atoms with Crippen LogP contribution in [-0.2, 0) is 0 Å². The van der Waals surface area contributed by atoms with Gasteiger partial charge in [-0.05, 0) is 9.91 Å². The van der Waals surface area contributed by atoms with Gasteiger partial charge in [-0.15, -0.1) is 0 Å². The van der Waals surface area contributed by atoms with Crippen LogP contribution in [0.3, 0.4) is 0 Å². The van der Waals surface area contributed by atoms with E-state index >= 15 is 0 Å². The fourth-order valence-electron chi connectivity index (χ4n) is 2.99. The topological polar surface area (TPSA) is 246 Å². The monoisotopic (exact) mass is 423 g/mol. The standard InChI is InChI=1S/C17HN11O4/c18-2-7-8(3-19)23-14-12(22-7)6-1-11(27(29)30)17(28(31)32)26-13(6)15-16(14)25-10(5-21)9(4-20)24-15/h1H. The van der Waals surface area contributed by atoms with Crippen LogP contribution in [0.1, 0.15) is 22.8 Å². The first-order valence-electron chi connectivity index (χ1n) is 8.14. The van der Waals surface area contributed by atoms with Gasteiger partial charge >= 0.3 is 11.5 Å². The first-order valence-corrected chi connectivity index (χ1v) is 8.14. The Kier molecular flexibility index (Phi) is 4.15. The minimum Gasteiger partial charge on any atom is -0.358 e. The molecule has 0 radical (unpaired) electrons. The van der Waals surface area contributed by atoms with Crippen molar-refractivity contribution in [3.8, 4) is 24.3 Å². The van der Waals surface area contributed by atoms with Gasteiger partial charge in [0.1, 0.15) is 46.3 Å². The lowest BCUT2D eigenvalue weighted by Crippen LogP contribution is -2.05. The van der Waals surface area contributed by atoms with Crippen molar-refractivity contribution in [3.05, 3.63) is 49.1 Å². The third-order valence-electron chi connectivity index (χ3n) is 4.27. The van der Waals surface area contributed by atoms with Gasteiger partial charge in [0.15, 0.2) is 22.8 Å². The van der Waals surface area contributed by atoms with Crippen LogP contribution in [0.25, 0.3) is 33.0 Å². The zero-order chi connectivity index (χ0) is 23.2. The molecule has 3 aromatic heterocycles. The third kappa shape index (κ3) is 2.61. The van der Waals surface area contributed by atoms with E-state index in [9.17, 15) is 41.3 Å². The molecule has 15 heteroatoms. The van der Waals surface area contributed by atoms with Gasteiger partial charge in [-0.1, -0.05) is 0 Å². The lowest BCUT2D eigenvalue weighted by Gasteiger charge is -2.07. The number of fused-ring (bicyclic) bond motifs is 6. The fraction of sp³-hybridized carbons (Fsp3) is 0. The summed E-state index contributed by atoms with van der Waals surface area (Å²) in [5.74, 6) is -1.10. The second kappa shape index (κ2) is 6.84. The second-order valence-corrected chi connectivity index (χ2v) is 5.92. The van der Waals surface area contributed by atoms with Crippen molar-refractivity contribution in [1.29, 1.82) is 21.0 Å². The normalized spacial score (nSPS) is 10.2. The van der Waals surface area contributed by atoms with Crippen molar-refractivity contribution >= 4 is 44.5 Å². The largest absolute Gasteiger partial charge is 0.443 e. The number of aromatic nitrogens is 5. The molecular formula is C17HN11O4. The number of nitriles is 4. The number of benzene rings is 1. The van der Waals surface area contributed by atoms with Crippen molar-refractivity contribution in [3.63, 3.8) is 0 Å². The van der Waals surface area contributed by atoms with Gasteiger partial charge in [-0.25, -0.2) is 19.9 Å². The molecule has 0 bridgehead atoms. The number of rotatable bonds is 2. The predicted molar refractivity (Wildman–Crippen MR) is 100 cm³/mol. The molecule has 0 saturated carbocycles. The highest BCUT2D eigenvalue weighted by Gasteiger charge is 2.31. The van der Waals surface area contributed by atoms with E-state index in [0.717, 1.165) is 6.07 Å². The molecule has 0 aliphatic carbocycles. The smallest absolute Gasteiger partial charge is 0.358 e. The summed E-state index contributed by atoms with van der Waals surface area (Å²) in [6.07, 6.45) is 0. The number of hydrogen-bond acceptors (Lipinski definition) is 13. The van der Waals surface area contributed by atoms with E-state index in [1.807, 2.05) is 0 Å². The van der Waals surface area contributed by atoms with Gasteiger partial charge in [0.05, 0.1) is 10.3 Å². The summed E-state index contributed by atoms with van der Waals surface area (Å²) in [7, 11) is 0. The minimum atomic E-state index is -1.10. The summed E-state index contributed by atoms with van der Waals surface area (Å²) in [6.45, 7) is 0. The Bertz CT molecular complexity index is 1610. The summed E-state index contributed by atoms with van der Waals surface area (Å²) in [5.41, 5.74) is -3.66. The van der Waals surface area contributed by atoms with Crippen molar-refractivity contribution in [2.24, 2.45) is 0 Å². The maximum absolute atomic E-state index is 11.4. The van der Waals surface area contributed by atoms with Gasteiger partial charge < -0.3 is 10.1 Å². The molecule has 15 nitrogen and oxygen atoms in total. The van der Waals surface area contributed by atoms with E-state index in [-0.39, 0.29) is 33.0 Å². The lowest BCUT2D eigenvalue weighted by atomic mass is 10.1. The number of hydrogen-bond donors (Lipinski definition) is 0. The first kappa shape index (κ1) is 19.4. The molecule has 0 saturated heterocycles. The van der Waals surface area contributed by atoms with Gasteiger partial charge in [0.25, 0.3) is 0 Å². The Hall–Kier alpha value is -5.93. The molecule has 0 N–H and O–H groups in total. The summed E-state index contributed by atoms with van der Waals surface area (Å²) < 4.78 is 0. The Morgan fingerprint density at radius 3 is 1.38 bits per heavy atom. The van der Waals surface area contributed by atoms with Gasteiger partial charge in [0.2, 0.25) is 5.52 Å². The SMILES string of the molecule is N#Cc1nc2c3cc([N+](=O)[O-])c([N+](=O)[O-])nc3c3nc(C#N)c(C#N)nc3c2nc1C#N. The molecular weight excluding hydrogens is 422 g/mol. The van der Waals surface area contributed by atoms with Crippen LogP contribution in [0.15, 0.2) is 6.07 Å². The summed E-state index contributed by atoms with van der Waals surface area (Å²) in [5, 5.41) is 59.7. The Morgan fingerprint density at radius 2 is 1.00 bits per heavy atom. The summed E-state index contributed by atoms with van der Waals surface area (Å²) >= 11 is 0. The van der Waals surface area contributed by atoms with Crippen molar-refractivity contribution in [2.45, 2.75) is 0 Å². The van der Waals surface area contributed by atoms with E-state index in [0.29, 0.717) is 0 Å². The molecule has 0 aliphatic rings. The van der Waals surface area contributed by atoms with Crippen LogP contribution in [0, 0.1) is 65.6 Å². The molecule has 32 heavy (non-hydrogen) atoms. The Balaban J connectivity index is 2.41. The highest BCUT2D eigenvalue weighted by molar-refractivity contribution is 6.20. The van der Waals surface area contributed by atoms with Crippen LogP contribution in [0.2, 0.25) is 0 Å². The third-order valence-corrected chi connectivity index (χ3v) is 4.27. The van der Waals surface area contributed by atoms with Gasteiger partial charge in [0, 0.05) is 6.07 Å². The van der Waals surface area contributed by atoms with E-state index in [1.165, 1.54) is 0 Å². The molecule has 0 atom stereocenters. The van der Waals surface area contributed by atoms with E-state index in [1.54, 1.807) is 24.3 Å². The minimum absolute atomic E-state index is 0.152. The maximum atomic E-state index is 11.4. The Morgan fingerprint density at radius 1 is 0.625 bits per heavy atom. The van der Waals surface area contributed by atoms with E-state index in [4.69, 9.17) is 0 Å². The van der Waals surface area contributed by atoms with Crippen LogP contribution in [0.4, 0.5) is 11.5 Å². The van der Waals surface area contributed by atoms with E-state index < -0.39 is 44.1 Å². The number of nitro groups is 2. The fourth-order valence-corrected chi connectivity index (χ4v) is 2.99. The molecule has 0 spiro atoms. The number of nitrogens with zero attached hydrogens (tertiary/aromatic N) is 11. The van der Waals surface area contributed by atoms with Crippen molar-refractivity contribution < 1.29 is 9.85 Å². The number of pyridine rings is 1. The highest BCUT2D eigenvalue weighted by Crippen LogP contribution is 2.36. The summed E-state index contributed by atoms with van der Waals surface area (Å²) in [4.78, 5) is 40.5. The highest BCUT2D eigenvalue weighted by atomic mass is 16.6. The molecule has 0 fully saturated rings. The van der Waals surface area contributed by atoms with Crippen molar-refractivity contribution in [2.75, 3.05) is 0 Å². The zero-order valence-electron chi connectivity index (χ0n) is 15.1. The second-order valence-electron chi connectivity index (χ2n) is 5.92. The zero-order valence-corrected chi connectivity index (χ0v) is 15.1. The Labute approximate surface area is 174 Å².